The Labute approximate surface area is 110 Å². The highest BCUT2D eigenvalue weighted by atomic mass is 19.2. The SMILES string of the molecule is COC1CCN(C(=O)c2cc(F)c(F)cc2N)CC1. The second-order valence-corrected chi connectivity index (χ2v) is 4.58. The van der Waals surface area contributed by atoms with E-state index in [1.54, 1.807) is 12.0 Å². The number of hydrogen-bond donors (Lipinski definition) is 1. The maximum atomic E-state index is 13.2. The molecule has 0 bridgehead atoms. The number of halogens is 2. The van der Waals surface area contributed by atoms with E-state index < -0.39 is 11.6 Å². The van der Waals surface area contributed by atoms with Crippen molar-refractivity contribution in [3.05, 3.63) is 29.3 Å². The zero-order valence-corrected chi connectivity index (χ0v) is 10.7. The lowest BCUT2D eigenvalue weighted by Gasteiger charge is -2.31. The molecule has 6 heteroatoms. The summed E-state index contributed by atoms with van der Waals surface area (Å²) in [5.41, 5.74) is 5.54. The number of piperidine rings is 1. The highest BCUT2D eigenvalue weighted by Crippen LogP contribution is 2.21. The summed E-state index contributed by atoms with van der Waals surface area (Å²) in [5.74, 6) is -2.48. The summed E-state index contributed by atoms with van der Waals surface area (Å²) in [4.78, 5) is 13.8. The monoisotopic (exact) mass is 270 g/mol. The molecule has 2 rings (SSSR count). The Morgan fingerprint density at radius 3 is 2.47 bits per heavy atom. The van der Waals surface area contributed by atoms with Gasteiger partial charge in [0.1, 0.15) is 0 Å². The van der Waals surface area contributed by atoms with E-state index in [1.807, 2.05) is 0 Å². The minimum Gasteiger partial charge on any atom is -0.398 e. The van der Waals surface area contributed by atoms with Crippen molar-refractivity contribution >= 4 is 11.6 Å². The first-order chi connectivity index (χ1) is 9.02. The molecule has 1 aromatic rings. The van der Waals surface area contributed by atoms with Crippen LogP contribution < -0.4 is 5.73 Å². The number of rotatable bonds is 2. The van der Waals surface area contributed by atoms with E-state index in [-0.39, 0.29) is 23.3 Å². The fourth-order valence-electron chi connectivity index (χ4n) is 2.21. The summed E-state index contributed by atoms with van der Waals surface area (Å²) in [6.45, 7) is 1.05. The maximum absolute atomic E-state index is 13.2. The van der Waals surface area contributed by atoms with Gasteiger partial charge >= 0.3 is 0 Å². The molecule has 1 fully saturated rings. The zero-order valence-electron chi connectivity index (χ0n) is 10.7. The molecule has 1 aliphatic rings. The quantitative estimate of drug-likeness (QED) is 0.834. The van der Waals surface area contributed by atoms with Crippen molar-refractivity contribution in [2.75, 3.05) is 25.9 Å². The molecule has 0 unspecified atom stereocenters. The van der Waals surface area contributed by atoms with Crippen LogP contribution in [0.25, 0.3) is 0 Å². The highest BCUT2D eigenvalue weighted by molar-refractivity contribution is 5.99. The molecule has 1 amide bonds. The molecule has 2 N–H and O–H groups in total. The fourth-order valence-corrected chi connectivity index (χ4v) is 2.21. The van der Waals surface area contributed by atoms with Gasteiger partial charge in [-0.3, -0.25) is 4.79 Å². The summed E-state index contributed by atoms with van der Waals surface area (Å²) in [6, 6.07) is 1.69. The van der Waals surface area contributed by atoms with E-state index in [0.29, 0.717) is 13.1 Å². The first-order valence-electron chi connectivity index (χ1n) is 6.09. The number of nitrogens with zero attached hydrogens (tertiary/aromatic N) is 1. The molecule has 19 heavy (non-hydrogen) atoms. The average molecular weight is 270 g/mol. The summed E-state index contributed by atoms with van der Waals surface area (Å²) in [7, 11) is 1.63. The van der Waals surface area contributed by atoms with Gasteiger partial charge in [0, 0.05) is 32.0 Å². The first-order valence-corrected chi connectivity index (χ1v) is 6.09. The van der Waals surface area contributed by atoms with Crippen LogP contribution in [0.5, 0.6) is 0 Å². The molecule has 104 valence electrons. The van der Waals surface area contributed by atoms with Crippen molar-refractivity contribution < 1.29 is 18.3 Å². The van der Waals surface area contributed by atoms with Crippen LogP contribution in [-0.4, -0.2) is 37.1 Å². The molecule has 0 radical (unpaired) electrons. The number of nitrogens with two attached hydrogens (primary N) is 1. The average Bonchev–Trinajstić information content (AvgIpc) is 2.42. The van der Waals surface area contributed by atoms with Gasteiger partial charge in [-0.05, 0) is 18.9 Å². The molecule has 0 aromatic heterocycles. The number of methoxy groups -OCH3 is 1. The van der Waals surface area contributed by atoms with Gasteiger partial charge in [-0.1, -0.05) is 0 Å². The summed E-state index contributed by atoms with van der Waals surface area (Å²) >= 11 is 0. The minimum atomic E-state index is -1.07. The number of nitrogen functional groups attached to an aromatic ring is 1. The van der Waals surface area contributed by atoms with Crippen LogP contribution in [0.2, 0.25) is 0 Å². The Kier molecular flexibility index (Phi) is 3.99. The summed E-state index contributed by atoms with van der Waals surface area (Å²) in [6.07, 6.45) is 1.60. The number of benzene rings is 1. The molecule has 4 nitrogen and oxygen atoms in total. The lowest BCUT2D eigenvalue weighted by molar-refractivity contribution is 0.0351. The van der Waals surface area contributed by atoms with Crippen LogP contribution in [0.15, 0.2) is 12.1 Å². The van der Waals surface area contributed by atoms with Crippen molar-refractivity contribution in [2.24, 2.45) is 0 Å². The molecular weight excluding hydrogens is 254 g/mol. The second-order valence-electron chi connectivity index (χ2n) is 4.58. The van der Waals surface area contributed by atoms with Crippen molar-refractivity contribution in [3.8, 4) is 0 Å². The van der Waals surface area contributed by atoms with Crippen LogP contribution >= 0.6 is 0 Å². The van der Waals surface area contributed by atoms with Crippen LogP contribution in [0.3, 0.4) is 0 Å². The molecule has 1 heterocycles. The third kappa shape index (κ3) is 2.84. The van der Waals surface area contributed by atoms with E-state index in [2.05, 4.69) is 0 Å². The molecule has 1 saturated heterocycles. The second kappa shape index (κ2) is 5.52. The minimum absolute atomic E-state index is 0.00904. The standard InChI is InChI=1S/C13H16F2N2O2/c1-19-8-2-4-17(5-3-8)13(18)9-6-10(14)11(15)7-12(9)16/h6-8H,2-5,16H2,1H3. The Bertz CT molecular complexity index is 486. The Hall–Kier alpha value is -1.69. The number of amides is 1. The largest absolute Gasteiger partial charge is 0.398 e. The van der Waals surface area contributed by atoms with Gasteiger partial charge in [-0.2, -0.15) is 0 Å². The van der Waals surface area contributed by atoms with Crippen molar-refractivity contribution in [3.63, 3.8) is 0 Å². The Morgan fingerprint density at radius 2 is 1.89 bits per heavy atom. The smallest absolute Gasteiger partial charge is 0.256 e. The van der Waals surface area contributed by atoms with Gasteiger partial charge in [0.2, 0.25) is 0 Å². The number of hydrogen-bond acceptors (Lipinski definition) is 3. The molecule has 1 aliphatic heterocycles. The van der Waals surface area contributed by atoms with Crippen LogP contribution in [0.4, 0.5) is 14.5 Å². The molecule has 0 atom stereocenters. The summed E-state index contributed by atoms with van der Waals surface area (Å²) in [5, 5.41) is 0. The van der Waals surface area contributed by atoms with Crippen molar-refractivity contribution in [2.45, 2.75) is 18.9 Å². The van der Waals surface area contributed by atoms with Gasteiger partial charge in [0.15, 0.2) is 11.6 Å². The summed E-state index contributed by atoms with van der Waals surface area (Å²) < 4.78 is 31.4. The maximum Gasteiger partial charge on any atom is 0.256 e. The van der Waals surface area contributed by atoms with Crippen LogP contribution in [0.1, 0.15) is 23.2 Å². The number of carbonyl (C=O) groups is 1. The van der Waals surface area contributed by atoms with Crippen molar-refractivity contribution in [1.82, 2.24) is 4.90 Å². The van der Waals surface area contributed by atoms with E-state index in [4.69, 9.17) is 10.5 Å². The Balaban J connectivity index is 2.14. The molecular formula is C13H16F2N2O2. The van der Waals surface area contributed by atoms with Gasteiger partial charge in [-0.25, -0.2) is 8.78 Å². The van der Waals surface area contributed by atoms with Gasteiger partial charge in [-0.15, -0.1) is 0 Å². The van der Waals surface area contributed by atoms with E-state index in [1.165, 1.54) is 0 Å². The number of carbonyl (C=O) groups excluding carboxylic acids is 1. The predicted octanol–water partition coefficient (Wildman–Crippen LogP) is 1.80. The number of anilines is 1. The van der Waals surface area contributed by atoms with Crippen molar-refractivity contribution in [1.29, 1.82) is 0 Å². The van der Waals surface area contributed by atoms with Gasteiger partial charge < -0.3 is 15.4 Å². The number of likely N-dealkylation sites (tertiary alicyclic amines) is 1. The van der Waals surface area contributed by atoms with E-state index in [9.17, 15) is 13.6 Å². The lowest BCUT2D eigenvalue weighted by atomic mass is 10.1. The van der Waals surface area contributed by atoms with Gasteiger partial charge in [0.25, 0.3) is 5.91 Å². The molecule has 1 aromatic carbocycles. The predicted molar refractivity (Wildman–Crippen MR) is 66.7 cm³/mol. The normalized spacial score (nSPS) is 16.7. The van der Waals surface area contributed by atoms with E-state index >= 15 is 0 Å². The van der Waals surface area contributed by atoms with Gasteiger partial charge in [0.05, 0.1) is 11.7 Å². The lowest BCUT2D eigenvalue weighted by Crippen LogP contribution is -2.40. The topological polar surface area (TPSA) is 55.6 Å². The molecule has 0 saturated carbocycles. The number of ether oxygens (including phenoxy) is 1. The highest BCUT2D eigenvalue weighted by Gasteiger charge is 2.25. The fraction of sp³-hybridized carbons (Fsp3) is 0.462. The van der Waals surface area contributed by atoms with E-state index in [0.717, 1.165) is 25.0 Å². The van der Waals surface area contributed by atoms with Crippen LogP contribution in [-0.2, 0) is 4.74 Å². The third-order valence-corrected chi connectivity index (χ3v) is 3.39. The van der Waals surface area contributed by atoms with Crippen LogP contribution in [0, 0.1) is 11.6 Å². The third-order valence-electron chi connectivity index (χ3n) is 3.39. The molecule has 0 aliphatic carbocycles. The Morgan fingerprint density at radius 1 is 1.32 bits per heavy atom. The zero-order chi connectivity index (χ0) is 14.0. The molecule has 0 spiro atoms. The first kappa shape index (κ1) is 13.7.